The molecule has 0 fully saturated rings. The van der Waals surface area contributed by atoms with Gasteiger partial charge in [0.1, 0.15) is 24.7 Å². The normalized spacial score (nSPS) is 11.5. The third kappa shape index (κ3) is 5.31. The number of rotatable bonds is 9. The number of hydrogen-bond acceptors (Lipinski definition) is 4. The fraction of sp³-hybridized carbons (Fsp3) is 0.0909. The van der Waals surface area contributed by atoms with Crippen LogP contribution in [0.5, 0.6) is 11.5 Å². The summed E-state index contributed by atoms with van der Waals surface area (Å²) in [7, 11) is 0. The molecule has 4 heteroatoms. The van der Waals surface area contributed by atoms with Crippen LogP contribution < -0.4 is 9.47 Å². The molecule has 4 nitrogen and oxygen atoms in total. The van der Waals surface area contributed by atoms with Crippen molar-refractivity contribution in [2.24, 2.45) is 0 Å². The highest BCUT2D eigenvalue weighted by Gasteiger charge is 2.26. The lowest BCUT2D eigenvalue weighted by Crippen LogP contribution is -2.08. The third-order valence-corrected chi connectivity index (χ3v) is 9.05. The predicted molar refractivity (Wildman–Crippen MR) is 198 cm³/mol. The van der Waals surface area contributed by atoms with Crippen molar-refractivity contribution < 1.29 is 19.7 Å². The highest BCUT2D eigenvalue weighted by Crippen LogP contribution is 2.53. The van der Waals surface area contributed by atoms with E-state index in [1.807, 2.05) is 24.3 Å². The smallest absolute Gasteiger partial charge is 0.139 e. The van der Waals surface area contributed by atoms with Crippen molar-refractivity contribution in [2.45, 2.75) is 0 Å². The molecule has 0 aliphatic heterocycles. The molecule has 0 aliphatic rings. The van der Waals surface area contributed by atoms with Gasteiger partial charge in [-0.05, 0) is 84.2 Å². The van der Waals surface area contributed by atoms with Crippen LogP contribution in [0, 0.1) is 0 Å². The second kappa shape index (κ2) is 12.8. The Hall–Kier alpha value is -5.68. The van der Waals surface area contributed by atoms with Gasteiger partial charge >= 0.3 is 0 Å². The Morgan fingerprint density at radius 1 is 0.375 bits per heavy atom. The van der Waals surface area contributed by atoms with Gasteiger partial charge in [-0.2, -0.15) is 0 Å². The SMILES string of the molecule is OCCOc1c(-c2ccc3ccccc3c2)c(OCCO)c2ccccc2c1-c1cc(-c2ccc3ccccc3c2)cc2ccccc12. The summed E-state index contributed by atoms with van der Waals surface area (Å²) < 4.78 is 13.0. The van der Waals surface area contributed by atoms with Crippen LogP contribution in [0.3, 0.4) is 0 Å². The van der Waals surface area contributed by atoms with Gasteiger partial charge in [0.05, 0.1) is 18.8 Å². The van der Waals surface area contributed by atoms with Crippen molar-refractivity contribution in [3.05, 3.63) is 146 Å². The van der Waals surface area contributed by atoms with E-state index in [0.29, 0.717) is 11.5 Å². The first-order valence-corrected chi connectivity index (χ1v) is 16.3. The highest BCUT2D eigenvalue weighted by molar-refractivity contribution is 6.14. The maximum atomic E-state index is 10.1. The number of hydrogen-bond donors (Lipinski definition) is 2. The molecule has 8 aromatic carbocycles. The highest BCUT2D eigenvalue weighted by atomic mass is 16.5. The predicted octanol–water partition coefficient (Wildman–Crippen LogP) is 10.0. The average molecular weight is 627 g/mol. The Labute approximate surface area is 279 Å². The van der Waals surface area contributed by atoms with E-state index in [4.69, 9.17) is 9.47 Å². The lowest BCUT2D eigenvalue weighted by Gasteiger charge is -2.24. The molecule has 0 bridgehead atoms. The van der Waals surface area contributed by atoms with E-state index in [1.54, 1.807) is 0 Å². The molecule has 0 atom stereocenters. The molecule has 0 unspecified atom stereocenters. The van der Waals surface area contributed by atoms with Gasteiger partial charge in [-0.25, -0.2) is 0 Å². The van der Waals surface area contributed by atoms with E-state index in [9.17, 15) is 10.2 Å². The van der Waals surface area contributed by atoms with Gasteiger partial charge in [-0.15, -0.1) is 0 Å². The summed E-state index contributed by atoms with van der Waals surface area (Å²) in [4.78, 5) is 0. The molecule has 0 saturated carbocycles. The average Bonchev–Trinajstić information content (AvgIpc) is 3.15. The number of fused-ring (bicyclic) bond motifs is 4. The summed E-state index contributed by atoms with van der Waals surface area (Å²) >= 11 is 0. The Balaban J connectivity index is 1.49. The van der Waals surface area contributed by atoms with Crippen molar-refractivity contribution in [1.82, 2.24) is 0 Å². The molecule has 0 aromatic heterocycles. The van der Waals surface area contributed by atoms with E-state index < -0.39 is 0 Å². The van der Waals surface area contributed by atoms with Crippen molar-refractivity contribution in [3.8, 4) is 44.9 Å². The molecular formula is C44H34O4. The molecule has 8 aromatic rings. The van der Waals surface area contributed by atoms with Gasteiger partial charge in [-0.3, -0.25) is 0 Å². The first-order valence-electron chi connectivity index (χ1n) is 16.3. The van der Waals surface area contributed by atoms with Crippen molar-refractivity contribution in [2.75, 3.05) is 26.4 Å². The largest absolute Gasteiger partial charge is 0.490 e. The number of benzene rings is 8. The zero-order valence-electron chi connectivity index (χ0n) is 26.4. The van der Waals surface area contributed by atoms with Gasteiger partial charge in [0, 0.05) is 10.9 Å². The summed E-state index contributed by atoms with van der Waals surface area (Å²) in [6.07, 6.45) is 0. The van der Waals surface area contributed by atoms with E-state index in [0.717, 1.165) is 65.7 Å². The van der Waals surface area contributed by atoms with Crippen LogP contribution in [0.1, 0.15) is 0 Å². The first-order chi connectivity index (χ1) is 23.7. The second-order valence-corrected chi connectivity index (χ2v) is 12.0. The molecular weight excluding hydrogens is 592 g/mol. The zero-order valence-corrected chi connectivity index (χ0v) is 26.4. The van der Waals surface area contributed by atoms with Crippen molar-refractivity contribution in [3.63, 3.8) is 0 Å². The van der Waals surface area contributed by atoms with Crippen LogP contribution in [0.4, 0.5) is 0 Å². The van der Waals surface area contributed by atoms with Crippen LogP contribution >= 0.6 is 0 Å². The summed E-state index contributed by atoms with van der Waals surface area (Å²) in [6, 6.07) is 50.9. The summed E-state index contributed by atoms with van der Waals surface area (Å²) in [5.41, 5.74) is 5.89. The van der Waals surface area contributed by atoms with Crippen molar-refractivity contribution >= 4 is 43.1 Å². The Morgan fingerprint density at radius 2 is 0.875 bits per heavy atom. The van der Waals surface area contributed by atoms with Crippen LogP contribution in [0.15, 0.2) is 146 Å². The van der Waals surface area contributed by atoms with E-state index in [-0.39, 0.29) is 26.4 Å². The van der Waals surface area contributed by atoms with Gasteiger partial charge in [-0.1, -0.05) is 121 Å². The quantitative estimate of drug-likeness (QED) is 0.167. The topological polar surface area (TPSA) is 58.9 Å². The van der Waals surface area contributed by atoms with Crippen LogP contribution in [-0.4, -0.2) is 36.6 Å². The molecule has 0 heterocycles. The summed E-state index contributed by atoms with van der Waals surface area (Å²) in [6.45, 7) is -0.0377. The van der Waals surface area contributed by atoms with Crippen LogP contribution in [0.25, 0.3) is 76.5 Å². The minimum atomic E-state index is -0.145. The van der Waals surface area contributed by atoms with E-state index >= 15 is 0 Å². The van der Waals surface area contributed by atoms with Gasteiger partial charge in [0.2, 0.25) is 0 Å². The maximum Gasteiger partial charge on any atom is 0.139 e. The van der Waals surface area contributed by atoms with Gasteiger partial charge < -0.3 is 19.7 Å². The molecule has 0 radical (unpaired) electrons. The summed E-state index contributed by atoms with van der Waals surface area (Å²) in [5.74, 6) is 1.27. The minimum absolute atomic E-state index is 0.105. The van der Waals surface area contributed by atoms with E-state index in [2.05, 4.69) is 121 Å². The van der Waals surface area contributed by atoms with E-state index in [1.165, 1.54) is 10.8 Å². The fourth-order valence-corrected chi connectivity index (χ4v) is 6.90. The standard InChI is InChI=1S/C44H34O4/c45-21-23-47-43-39-16-8-7-15-38(39)42(44(48-24-22-46)41(43)35-20-18-30-10-2-4-12-32(30)26-35)40-28-36(27-34-13-5-6-14-37(34)40)33-19-17-29-9-1-3-11-31(29)25-33/h1-20,25-28,45-46H,21-24H2. The molecule has 8 rings (SSSR count). The molecule has 234 valence electrons. The van der Waals surface area contributed by atoms with Crippen LogP contribution in [0.2, 0.25) is 0 Å². The van der Waals surface area contributed by atoms with Gasteiger partial charge in [0.15, 0.2) is 0 Å². The molecule has 0 amide bonds. The minimum Gasteiger partial charge on any atom is -0.490 e. The van der Waals surface area contributed by atoms with Gasteiger partial charge in [0.25, 0.3) is 0 Å². The number of aliphatic hydroxyl groups is 2. The maximum absolute atomic E-state index is 10.1. The second-order valence-electron chi connectivity index (χ2n) is 12.0. The monoisotopic (exact) mass is 626 g/mol. The molecule has 2 N–H and O–H groups in total. The number of aliphatic hydroxyl groups excluding tert-OH is 2. The lowest BCUT2D eigenvalue weighted by molar-refractivity contribution is 0.197. The Kier molecular flexibility index (Phi) is 7.95. The zero-order chi connectivity index (χ0) is 32.5. The van der Waals surface area contributed by atoms with Crippen molar-refractivity contribution in [1.29, 1.82) is 0 Å². The summed E-state index contributed by atoms with van der Waals surface area (Å²) in [5, 5.41) is 28.7. The molecule has 0 spiro atoms. The number of ether oxygens (including phenoxy) is 2. The fourth-order valence-electron chi connectivity index (χ4n) is 6.90. The molecule has 0 saturated heterocycles. The Bertz CT molecular complexity index is 2450. The molecule has 48 heavy (non-hydrogen) atoms. The Morgan fingerprint density at radius 3 is 1.54 bits per heavy atom. The lowest BCUT2D eigenvalue weighted by atomic mass is 9.86. The first kappa shape index (κ1) is 29.7. The van der Waals surface area contributed by atoms with Crippen LogP contribution in [-0.2, 0) is 0 Å². The molecule has 0 aliphatic carbocycles. The third-order valence-electron chi connectivity index (χ3n) is 9.05.